The minimum absolute atomic E-state index is 0.0556. The molecule has 1 aliphatic heterocycles. The molecule has 0 amide bonds. The summed E-state index contributed by atoms with van der Waals surface area (Å²) in [5.41, 5.74) is 6.86. The Morgan fingerprint density at radius 2 is 1.96 bits per heavy atom. The molecule has 0 saturated heterocycles. The van der Waals surface area contributed by atoms with Gasteiger partial charge in [-0.1, -0.05) is 24.3 Å². The van der Waals surface area contributed by atoms with Crippen molar-refractivity contribution in [3.8, 4) is 11.1 Å². The van der Waals surface area contributed by atoms with Gasteiger partial charge in [0.15, 0.2) is 0 Å². The Balaban J connectivity index is 2.13. The van der Waals surface area contributed by atoms with Crippen molar-refractivity contribution in [2.24, 2.45) is 10.7 Å². The molecule has 0 aromatic heterocycles. The number of aliphatic imine (C=N–C) groups is 1. The molecule has 0 atom stereocenters. The normalized spacial score (nSPS) is 13.9. The van der Waals surface area contributed by atoms with Gasteiger partial charge in [0.25, 0.3) is 0 Å². The topological polar surface area (TPSA) is 64.7 Å². The van der Waals surface area contributed by atoms with Gasteiger partial charge in [-0.15, -0.1) is 0 Å². The molecule has 4 nitrogen and oxygen atoms in total. The molecule has 3 rings (SSSR count). The van der Waals surface area contributed by atoms with E-state index < -0.39 is 17.7 Å². The Kier molecular flexibility index (Phi) is 5.03. The van der Waals surface area contributed by atoms with Crippen LogP contribution in [0.2, 0.25) is 0 Å². The number of carbonyl (C=O) groups excluding carboxylic acids is 1. The zero-order valence-corrected chi connectivity index (χ0v) is 14.5. The number of benzene rings is 2. The number of halogens is 3. The fraction of sp³-hybridized carbons (Fsp3) is 0.200. The summed E-state index contributed by atoms with van der Waals surface area (Å²) in [4.78, 5) is 16.3. The summed E-state index contributed by atoms with van der Waals surface area (Å²) in [6, 6.07) is 10.1. The summed E-state index contributed by atoms with van der Waals surface area (Å²) >= 11 is 0. The first kappa shape index (κ1) is 18.7. The Morgan fingerprint density at radius 3 is 2.67 bits per heavy atom. The molecule has 0 spiro atoms. The molecule has 2 aromatic rings. The van der Waals surface area contributed by atoms with E-state index in [1.807, 2.05) is 0 Å². The molecule has 140 valence electrons. The van der Waals surface area contributed by atoms with Crippen LogP contribution in [0.25, 0.3) is 17.2 Å². The zero-order chi connectivity index (χ0) is 19.6. The maximum Gasteiger partial charge on any atom is 0.417 e. The highest BCUT2D eigenvalue weighted by Crippen LogP contribution is 2.39. The van der Waals surface area contributed by atoms with Crippen molar-refractivity contribution in [2.75, 3.05) is 6.61 Å². The van der Waals surface area contributed by atoms with Crippen LogP contribution in [-0.2, 0) is 15.7 Å². The smallest absolute Gasteiger partial charge is 0.417 e. The summed E-state index contributed by atoms with van der Waals surface area (Å²) in [6.07, 6.45) is -2.80. The van der Waals surface area contributed by atoms with Crippen molar-refractivity contribution < 1.29 is 22.7 Å². The van der Waals surface area contributed by atoms with Crippen LogP contribution in [0.15, 0.2) is 53.0 Å². The second-order valence-corrected chi connectivity index (χ2v) is 5.99. The first-order valence-electron chi connectivity index (χ1n) is 8.31. The van der Waals surface area contributed by atoms with Crippen molar-refractivity contribution in [3.63, 3.8) is 0 Å². The molecule has 7 heteroatoms. The number of amidine groups is 1. The fourth-order valence-electron chi connectivity index (χ4n) is 2.90. The van der Waals surface area contributed by atoms with E-state index in [2.05, 4.69) is 4.99 Å². The summed E-state index contributed by atoms with van der Waals surface area (Å²) in [7, 11) is 0. The number of hydrogen-bond donors (Lipinski definition) is 1. The third-order valence-corrected chi connectivity index (χ3v) is 4.07. The van der Waals surface area contributed by atoms with Gasteiger partial charge in [-0.3, -0.25) is 0 Å². The number of carbonyl (C=O) groups is 1. The fourth-order valence-corrected chi connectivity index (χ4v) is 2.90. The van der Waals surface area contributed by atoms with Crippen LogP contribution in [0.1, 0.15) is 24.5 Å². The molecule has 1 heterocycles. The number of fused-ring (bicyclic) bond motifs is 1. The van der Waals surface area contributed by atoms with Crippen molar-refractivity contribution in [2.45, 2.75) is 19.5 Å². The molecule has 2 N–H and O–H groups in total. The predicted octanol–water partition coefficient (Wildman–Crippen LogP) is 4.71. The molecule has 0 bridgehead atoms. The van der Waals surface area contributed by atoms with E-state index in [9.17, 15) is 18.0 Å². The summed E-state index contributed by atoms with van der Waals surface area (Å²) < 4.78 is 45.0. The lowest BCUT2D eigenvalue weighted by atomic mass is 9.96. The molecule has 0 unspecified atom stereocenters. The van der Waals surface area contributed by atoms with Crippen molar-refractivity contribution >= 4 is 23.6 Å². The van der Waals surface area contributed by atoms with E-state index in [4.69, 9.17) is 10.5 Å². The Morgan fingerprint density at radius 1 is 1.22 bits per heavy atom. The number of esters is 1. The van der Waals surface area contributed by atoms with Gasteiger partial charge in [0.1, 0.15) is 5.84 Å². The SMILES string of the molecule is CCOC(=O)C1=Cc2cc(-c3ccccc3C(F)(F)F)ccc2N=C(N)C1. The number of ether oxygens (including phenoxy) is 1. The van der Waals surface area contributed by atoms with Gasteiger partial charge in [-0.2, -0.15) is 13.2 Å². The molecule has 0 aliphatic carbocycles. The summed E-state index contributed by atoms with van der Waals surface area (Å²) in [5.74, 6) is -0.291. The first-order chi connectivity index (χ1) is 12.8. The highest BCUT2D eigenvalue weighted by atomic mass is 19.4. The average Bonchev–Trinajstić information content (AvgIpc) is 2.78. The zero-order valence-electron chi connectivity index (χ0n) is 14.5. The minimum Gasteiger partial charge on any atom is -0.463 e. The van der Waals surface area contributed by atoms with Crippen molar-refractivity contribution in [1.82, 2.24) is 0 Å². The van der Waals surface area contributed by atoms with E-state index >= 15 is 0 Å². The van der Waals surface area contributed by atoms with E-state index in [0.29, 0.717) is 22.4 Å². The van der Waals surface area contributed by atoms with Crippen LogP contribution in [0.3, 0.4) is 0 Å². The van der Waals surface area contributed by atoms with E-state index in [-0.39, 0.29) is 24.4 Å². The van der Waals surface area contributed by atoms with Crippen molar-refractivity contribution in [3.05, 3.63) is 59.2 Å². The van der Waals surface area contributed by atoms with E-state index in [1.54, 1.807) is 37.3 Å². The minimum atomic E-state index is -4.47. The van der Waals surface area contributed by atoms with E-state index in [1.165, 1.54) is 12.1 Å². The molecule has 0 fully saturated rings. The molecule has 0 saturated carbocycles. The maximum atomic E-state index is 13.3. The molecule has 1 aliphatic rings. The van der Waals surface area contributed by atoms with Gasteiger partial charge in [-0.25, -0.2) is 9.79 Å². The second-order valence-electron chi connectivity index (χ2n) is 5.99. The van der Waals surface area contributed by atoms with Gasteiger partial charge < -0.3 is 10.5 Å². The third kappa shape index (κ3) is 4.02. The molecule has 2 aromatic carbocycles. The van der Waals surface area contributed by atoms with Crippen LogP contribution in [0, 0.1) is 0 Å². The first-order valence-corrected chi connectivity index (χ1v) is 8.31. The summed E-state index contributed by atoms with van der Waals surface area (Å²) in [5, 5.41) is 0. The van der Waals surface area contributed by atoms with Gasteiger partial charge in [0.2, 0.25) is 0 Å². The Hall–Kier alpha value is -3.09. The number of rotatable bonds is 3. The maximum absolute atomic E-state index is 13.3. The highest BCUT2D eigenvalue weighted by Gasteiger charge is 2.33. The Labute approximate surface area is 154 Å². The van der Waals surface area contributed by atoms with Gasteiger partial charge in [0, 0.05) is 17.6 Å². The lowest BCUT2D eigenvalue weighted by Gasteiger charge is -2.13. The predicted molar refractivity (Wildman–Crippen MR) is 97.4 cm³/mol. The largest absolute Gasteiger partial charge is 0.463 e. The molecule has 0 radical (unpaired) electrons. The standard InChI is InChI=1S/C20H17F3N2O2/c1-2-27-19(26)14-10-13-9-12(7-8-17(13)25-18(24)11-14)15-5-3-4-6-16(15)20(21,22)23/h3-10H,2,11H2,1H3,(H2,24,25). The van der Waals surface area contributed by atoms with Crippen LogP contribution in [0.5, 0.6) is 0 Å². The van der Waals surface area contributed by atoms with Crippen molar-refractivity contribution in [1.29, 1.82) is 0 Å². The molecular formula is C20H17F3N2O2. The van der Waals surface area contributed by atoms with Crippen LogP contribution < -0.4 is 5.73 Å². The lowest BCUT2D eigenvalue weighted by Crippen LogP contribution is -2.16. The lowest BCUT2D eigenvalue weighted by molar-refractivity contribution is -0.138. The quantitative estimate of drug-likeness (QED) is 0.791. The van der Waals surface area contributed by atoms with E-state index in [0.717, 1.165) is 6.07 Å². The highest BCUT2D eigenvalue weighted by molar-refractivity contribution is 6.03. The second kappa shape index (κ2) is 7.26. The monoisotopic (exact) mass is 374 g/mol. The number of nitrogens with zero attached hydrogens (tertiary/aromatic N) is 1. The molecular weight excluding hydrogens is 357 g/mol. The number of alkyl halides is 3. The van der Waals surface area contributed by atoms with Crippen LogP contribution in [0.4, 0.5) is 18.9 Å². The molecule has 27 heavy (non-hydrogen) atoms. The van der Waals surface area contributed by atoms with Gasteiger partial charge in [-0.05, 0) is 42.3 Å². The van der Waals surface area contributed by atoms with Gasteiger partial charge in [0.05, 0.1) is 17.9 Å². The third-order valence-electron chi connectivity index (χ3n) is 4.07. The number of hydrogen-bond acceptors (Lipinski definition) is 4. The number of nitrogens with two attached hydrogens (primary N) is 1. The van der Waals surface area contributed by atoms with Gasteiger partial charge >= 0.3 is 12.1 Å². The summed E-state index contributed by atoms with van der Waals surface area (Å²) in [6.45, 7) is 1.89. The average molecular weight is 374 g/mol. The van der Waals surface area contributed by atoms with Crippen LogP contribution >= 0.6 is 0 Å². The Bertz CT molecular complexity index is 946. The van der Waals surface area contributed by atoms with Crippen LogP contribution in [-0.4, -0.2) is 18.4 Å².